The first-order valence-electron chi connectivity index (χ1n) is 8.82. The Balaban J connectivity index is 1.48. The second-order valence-electron chi connectivity index (χ2n) is 6.90. The zero-order chi connectivity index (χ0) is 18.1. The van der Waals surface area contributed by atoms with Crippen LogP contribution in [0.15, 0.2) is 27.5 Å². The number of nitrogens with zero attached hydrogens (tertiary/aromatic N) is 2. The zero-order valence-corrected chi connectivity index (χ0v) is 15.0. The van der Waals surface area contributed by atoms with Crippen molar-refractivity contribution in [1.29, 1.82) is 0 Å². The Morgan fingerprint density at radius 2 is 2.00 bits per heavy atom. The molecule has 0 bridgehead atoms. The van der Waals surface area contributed by atoms with E-state index in [9.17, 15) is 9.18 Å². The maximum atomic E-state index is 14.0. The number of halogens is 2. The van der Waals surface area contributed by atoms with Gasteiger partial charge >= 0.3 is 5.76 Å². The van der Waals surface area contributed by atoms with Crippen LogP contribution < -0.4 is 5.76 Å². The van der Waals surface area contributed by atoms with Crippen LogP contribution in [-0.2, 0) is 22.4 Å². The summed E-state index contributed by atoms with van der Waals surface area (Å²) in [6.07, 6.45) is 3.51. The summed E-state index contributed by atoms with van der Waals surface area (Å²) in [5.41, 5.74) is 0.312. The number of rotatable bonds is 4. The summed E-state index contributed by atoms with van der Waals surface area (Å²) in [4.78, 5) is 12.1. The number of ether oxygens (including phenoxy) is 2. The molecule has 1 saturated heterocycles. The Labute approximate surface area is 154 Å². The Kier molecular flexibility index (Phi) is 4.86. The lowest BCUT2D eigenvalue weighted by Crippen LogP contribution is -2.36. The number of hydrogen-bond donors (Lipinski definition) is 0. The van der Waals surface area contributed by atoms with Crippen LogP contribution in [0.25, 0.3) is 0 Å². The molecule has 0 amide bonds. The molecule has 1 saturated carbocycles. The average molecular weight is 383 g/mol. The molecule has 8 heteroatoms. The molecule has 0 N–H and O–H groups in total. The lowest BCUT2D eigenvalue weighted by molar-refractivity contribution is -0.183. The van der Waals surface area contributed by atoms with Crippen LogP contribution >= 0.6 is 11.6 Å². The normalized spacial score (nSPS) is 20.1. The van der Waals surface area contributed by atoms with Gasteiger partial charge in [0.2, 0.25) is 0 Å². The summed E-state index contributed by atoms with van der Waals surface area (Å²) in [5, 5.41) is 4.14. The molecule has 6 nitrogen and oxygen atoms in total. The predicted molar refractivity (Wildman–Crippen MR) is 91.6 cm³/mol. The van der Waals surface area contributed by atoms with Gasteiger partial charge in [-0.05, 0) is 30.9 Å². The minimum Gasteiger partial charge on any atom is -0.348 e. The largest absolute Gasteiger partial charge is 0.441 e. The summed E-state index contributed by atoms with van der Waals surface area (Å²) < 4.78 is 31.8. The van der Waals surface area contributed by atoms with Crippen molar-refractivity contribution in [2.24, 2.45) is 5.92 Å². The number of hydrogen-bond acceptors (Lipinski definition) is 5. The second kappa shape index (κ2) is 7.13. The Hall–Kier alpha value is -1.70. The zero-order valence-electron chi connectivity index (χ0n) is 14.2. The molecule has 2 fully saturated rings. The van der Waals surface area contributed by atoms with Crippen molar-refractivity contribution < 1.29 is 18.4 Å². The summed E-state index contributed by atoms with van der Waals surface area (Å²) in [6.45, 7) is 1.77. The minimum atomic E-state index is -0.527. The van der Waals surface area contributed by atoms with Crippen LogP contribution in [0.5, 0.6) is 0 Å². The fraction of sp³-hybridized carbons (Fsp3) is 0.556. The molecular formula is C18H20ClFN2O4. The van der Waals surface area contributed by atoms with E-state index in [4.69, 9.17) is 25.6 Å². The van der Waals surface area contributed by atoms with Crippen LogP contribution in [0.2, 0.25) is 5.02 Å². The third-order valence-electron chi connectivity index (χ3n) is 5.28. The van der Waals surface area contributed by atoms with Gasteiger partial charge in [0.25, 0.3) is 0 Å². The number of aromatic nitrogens is 2. The Morgan fingerprint density at radius 1 is 1.27 bits per heavy atom. The first kappa shape index (κ1) is 17.7. The molecule has 2 aromatic rings. The van der Waals surface area contributed by atoms with Gasteiger partial charge in [-0.25, -0.2) is 9.18 Å². The maximum absolute atomic E-state index is 14.0. The summed E-state index contributed by atoms with van der Waals surface area (Å²) in [5.74, 6) is -0.702. The lowest BCUT2D eigenvalue weighted by Gasteiger charge is -2.35. The Morgan fingerprint density at radius 3 is 2.69 bits per heavy atom. The van der Waals surface area contributed by atoms with Gasteiger partial charge in [-0.1, -0.05) is 22.8 Å². The van der Waals surface area contributed by atoms with E-state index in [-0.39, 0.29) is 6.42 Å². The van der Waals surface area contributed by atoms with Crippen molar-refractivity contribution in [2.45, 2.75) is 44.4 Å². The van der Waals surface area contributed by atoms with E-state index >= 15 is 0 Å². The van der Waals surface area contributed by atoms with Crippen molar-refractivity contribution in [1.82, 2.24) is 9.72 Å². The summed E-state index contributed by atoms with van der Waals surface area (Å²) >= 11 is 6.09. The molecule has 1 aliphatic carbocycles. The third-order valence-corrected chi connectivity index (χ3v) is 5.63. The first-order chi connectivity index (χ1) is 12.6. The summed E-state index contributed by atoms with van der Waals surface area (Å²) in [6, 6.07) is 4.50. The van der Waals surface area contributed by atoms with Crippen molar-refractivity contribution in [2.75, 3.05) is 13.2 Å². The average Bonchev–Trinajstić information content (AvgIpc) is 3.22. The molecule has 2 aliphatic rings. The van der Waals surface area contributed by atoms with E-state index in [0.29, 0.717) is 42.1 Å². The molecule has 0 unspecified atom stereocenters. The van der Waals surface area contributed by atoms with Gasteiger partial charge in [0.15, 0.2) is 11.6 Å². The molecule has 26 heavy (non-hydrogen) atoms. The van der Waals surface area contributed by atoms with Gasteiger partial charge in [0.1, 0.15) is 5.82 Å². The lowest BCUT2D eigenvalue weighted by atomic mass is 9.85. The van der Waals surface area contributed by atoms with Crippen molar-refractivity contribution in [3.63, 3.8) is 0 Å². The van der Waals surface area contributed by atoms with Crippen LogP contribution in [0.1, 0.15) is 37.1 Å². The molecule has 1 aliphatic heterocycles. The van der Waals surface area contributed by atoms with E-state index in [1.165, 1.54) is 10.6 Å². The highest BCUT2D eigenvalue weighted by molar-refractivity contribution is 6.31. The van der Waals surface area contributed by atoms with Gasteiger partial charge < -0.3 is 9.47 Å². The predicted octanol–water partition coefficient (Wildman–Crippen LogP) is 3.15. The van der Waals surface area contributed by atoms with Gasteiger partial charge in [0, 0.05) is 36.4 Å². The number of benzene rings is 1. The maximum Gasteiger partial charge on any atom is 0.441 e. The molecule has 140 valence electrons. The standard InChI is InChI=1S/C18H20ClFN2O4/c19-14-2-1-3-15(20)13(14)10-16-21-26-17(23)22(16)11-12-4-6-18(7-5-12)24-8-9-25-18/h1-3,12H,4-11H2. The van der Waals surface area contributed by atoms with Crippen molar-refractivity contribution in [3.8, 4) is 0 Å². The van der Waals surface area contributed by atoms with Crippen LogP contribution in [-0.4, -0.2) is 28.7 Å². The molecule has 1 spiro atoms. The fourth-order valence-electron chi connectivity index (χ4n) is 3.81. The topological polar surface area (TPSA) is 66.5 Å². The van der Waals surface area contributed by atoms with Crippen LogP contribution in [0.3, 0.4) is 0 Å². The molecular weight excluding hydrogens is 363 g/mol. The van der Waals surface area contributed by atoms with Crippen molar-refractivity contribution in [3.05, 3.63) is 51.0 Å². The first-order valence-corrected chi connectivity index (χ1v) is 9.20. The highest BCUT2D eigenvalue weighted by atomic mass is 35.5. The van der Waals surface area contributed by atoms with E-state index in [0.717, 1.165) is 25.7 Å². The van der Waals surface area contributed by atoms with Crippen LogP contribution in [0.4, 0.5) is 4.39 Å². The third kappa shape index (κ3) is 3.43. The molecule has 4 rings (SSSR count). The summed E-state index contributed by atoms with van der Waals surface area (Å²) in [7, 11) is 0. The smallest absolute Gasteiger partial charge is 0.348 e. The monoisotopic (exact) mass is 382 g/mol. The van der Waals surface area contributed by atoms with Gasteiger partial charge in [0.05, 0.1) is 13.2 Å². The van der Waals surface area contributed by atoms with Crippen molar-refractivity contribution >= 4 is 11.6 Å². The van der Waals surface area contributed by atoms with Gasteiger partial charge in [-0.2, -0.15) is 0 Å². The van der Waals surface area contributed by atoms with E-state index in [1.807, 2.05) is 0 Å². The molecule has 1 aromatic heterocycles. The second-order valence-corrected chi connectivity index (χ2v) is 7.31. The highest BCUT2D eigenvalue weighted by Crippen LogP contribution is 2.38. The van der Waals surface area contributed by atoms with Gasteiger partial charge in [-0.15, -0.1) is 0 Å². The fourth-order valence-corrected chi connectivity index (χ4v) is 4.04. The molecule has 2 heterocycles. The van der Waals surface area contributed by atoms with Crippen LogP contribution in [0, 0.1) is 11.7 Å². The van der Waals surface area contributed by atoms with E-state index in [2.05, 4.69) is 5.16 Å². The molecule has 0 atom stereocenters. The molecule has 1 aromatic carbocycles. The van der Waals surface area contributed by atoms with E-state index in [1.54, 1.807) is 12.1 Å². The van der Waals surface area contributed by atoms with E-state index < -0.39 is 17.4 Å². The SMILES string of the molecule is O=c1onc(Cc2c(F)cccc2Cl)n1CC1CCC2(CC1)OCCO2. The minimum absolute atomic E-state index is 0.111. The highest BCUT2D eigenvalue weighted by Gasteiger charge is 2.40. The quantitative estimate of drug-likeness (QED) is 0.812. The Bertz CT molecular complexity index is 814. The molecule has 0 radical (unpaired) electrons. The van der Waals surface area contributed by atoms with Gasteiger partial charge in [-0.3, -0.25) is 9.09 Å².